The van der Waals surface area contributed by atoms with Crippen LogP contribution in [-0.4, -0.2) is 16.7 Å². The standard InChI is InChI=1S/C13H18ClN3O/c14-12-11(9-16-17-13(12)18)15-8-7-10-5-3-1-2-4-6-10/h5,9H,1-4,6-8H2,(H2,15,17,18). The molecule has 2 N–H and O–H groups in total. The van der Waals surface area contributed by atoms with Crippen LogP contribution < -0.4 is 10.9 Å². The zero-order valence-electron chi connectivity index (χ0n) is 10.3. The molecule has 4 nitrogen and oxygen atoms in total. The van der Waals surface area contributed by atoms with E-state index in [0.717, 1.165) is 13.0 Å². The van der Waals surface area contributed by atoms with Crippen LogP contribution >= 0.6 is 11.6 Å². The molecule has 0 aliphatic heterocycles. The van der Waals surface area contributed by atoms with E-state index < -0.39 is 0 Å². The first-order chi connectivity index (χ1) is 8.77. The number of anilines is 1. The summed E-state index contributed by atoms with van der Waals surface area (Å²) < 4.78 is 0. The molecule has 0 saturated carbocycles. The third kappa shape index (κ3) is 3.60. The maximum Gasteiger partial charge on any atom is 0.285 e. The molecule has 0 fully saturated rings. The van der Waals surface area contributed by atoms with Crippen molar-refractivity contribution >= 4 is 17.3 Å². The molecular formula is C13H18ClN3O. The minimum absolute atomic E-state index is 0.180. The number of hydrogen-bond donors (Lipinski definition) is 2. The normalized spacial score (nSPS) is 15.9. The lowest BCUT2D eigenvalue weighted by Gasteiger charge is -2.08. The highest BCUT2D eigenvalue weighted by Gasteiger charge is 2.06. The van der Waals surface area contributed by atoms with E-state index >= 15 is 0 Å². The monoisotopic (exact) mass is 267 g/mol. The van der Waals surface area contributed by atoms with Crippen LogP contribution in [0.4, 0.5) is 5.69 Å². The summed E-state index contributed by atoms with van der Waals surface area (Å²) in [5.41, 5.74) is 1.76. The molecule has 1 aliphatic rings. The van der Waals surface area contributed by atoms with Crippen molar-refractivity contribution in [2.24, 2.45) is 0 Å². The van der Waals surface area contributed by atoms with E-state index in [9.17, 15) is 4.79 Å². The molecule has 1 aliphatic carbocycles. The predicted octanol–water partition coefficient (Wildman–Crippen LogP) is 3.12. The van der Waals surface area contributed by atoms with Crippen LogP contribution in [-0.2, 0) is 0 Å². The lowest BCUT2D eigenvalue weighted by atomic mass is 10.1. The van der Waals surface area contributed by atoms with Crippen molar-refractivity contribution in [2.75, 3.05) is 11.9 Å². The molecule has 18 heavy (non-hydrogen) atoms. The van der Waals surface area contributed by atoms with Crippen LogP contribution in [0, 0.1) is 0 Å². The molecular weight excluding hydrogens is 250 g/mol. The number of nitrogens with zero attached hydrogens (tertiary/aromatic N) is 1. The Morgan fingerprint density at radius 3 is 3.17 bits per heavy atom. The molecule has 1 aromatic rings. The Labute approximate surface area is 111 Å². The first kappa shape index (κ1) is 13.1. The molecule has 0 atom stereocenters. The van der Waals surface area contributed by atoms with E-state index in [4.69, 9.17) is 11.6 Å². The van der Waals surface area contributed by atoms with Gasteiger partial charge >= 0.3 is 0 Å². The fraction of sp³-hybridized carbons (Fsp3) is 0.538. The Morgan fingerprint density at radius 2 is 2.28 bits per heavy atom. The maximum absolute atomic E-state index is 11.2. The van der Waals surface area contributed by atoms with Gasteiger partial charge in [-0.3, -0.25) is 4.79 Å². The summed E-state index contributed by atoms with van der Waals surface area (Å²) in [4.78, 5) is 11.2. The zero-order valence-corrected chi connectivity index (χ0v) is 11.1. The summed E-state index contributed by atoms with van der Waals surface area (Å²) in [5.74, 6) is 0. The number of H-pyrrole nitrogens is 1. The molecule has 0 bridgehead atoms. The quantitative estimate of drug-likeness (QED) is 0.824. The van der Waals surface area contributed by atoms with Gasteiger partial charge in [-0.15, -0.1) is 0 Å². The number of hydrogen-bond acceptors (Lipinski definition) is 3. The number of allylic oxidation sites excluding steroid dienone is 1. The molecule has 5 heteroatoms. The van der Waals surface area contributed by atoms with E-state index in [1.54, 1.807) is 6.20 Å². The van der Waals surface area contributed by atoms with Crippen molar-refractivity contribution in [2.45, 2.75) is 38.5 Å². The third-order valence-electron chi connectivity index (χ3n) is 3.19. The highest BCUT2D eigenvalue weighted by atomic mass is 35.5. The Morgan fingerprint density at radius 1 is 1.39 bits per heavy atom. The minimum atomic E-state index is -0.352. The molecule has 0 saturated heterocycles. The number of rotatable bonds is 4. The number of aromatic amines is 1. The van der Waals surface area contributed by atoms with E-state index in [1.807, 2.05) is 0 Å². The van der Waals surface area contributed by atoms with Crippen molar-refractivity contribution in [1.29, 1.82) is 0 Å². The molecule has 0 radical (unpaired) electrons. The summed E-state index contributed by atoms with van der Waals surface area (Å²) in [7, 11) is 0. The van der Waals surface area contributed by atoms with E-state index in [2.05, 4.69) is 21.6 Å². The SMILES string of the molecule is O=c1[nH]ncc(NCCC2=CCCCCC2)c1Cl. The van der Waals surface area contributed by atoms with Gasteiger partial charge < -0.3 is 5.32 Å². The van der Waals surface area contributed by atoms with Gasteiger partial charge in [0.2, 0.25) is 0 Å². The van der Waals surface area contributed by atoms with Gasteiger partial charge in [0.05, 0.1) is 11.9 Å². The van der Waals surface area contributed by atoms with Gasteiger partial charge in [0, 0.05) is 6.54 Å². The molecule has 2 rings (SSSR count). The fourth-order valence-corrected chi connectivity index (χ4v) is 2.33. The average Bonchev–Trinajstić information content (AvgIpc) is 2.63. The fourth-order valence-electron chi connectivity index (χ4n) is 2.17. The van der Waals surface area contributed by atoms with Gasteiger partial charge in [0.25, 0.3) is 5.56 Å². The molecule has 0 unspecified atom stereocenters. The van der Waals surface area contributed by atoms with E-state index in [0.29, 0.717) is 5.69 Å². The summed E-state index contributed by atoms with van der Waals surface area (Å²) in [6.45, 7) is 0.788. The van der Waals surface area contributed by atoms with Crippen LogP contribution in [0.1, 0.15) is 38.5 Å². The first-order valence-corrected chi connectivity index (χ1v) is 6.80. The van der Waals surface area contributed by atoms with Crippen molar-refractivity contribution in [3.8, 4) is 0 Å². The van der Waals surface area contributed by atoms with Crippen LogP contribution in [0.2, 0.25) is 5.02 Å². The summed E-state index contributed by atoms with van der Waals surface area (Å²) >= 11 is 5.88. The Bertz CT molecular complexity index is 481. The molecule has 0 aromatic carbocycles. The highest BCUT2D eigenvalue weighted by Crippen LogP contribution is 2.20. The average molecular weight is 268 g/mol. The second-order valence-corrected chi connectivity index (χ2v) is 4.94. The highest BCUT2D eigenvalue weighted by molar-refractivity contribution is 6.32. The van der Waals surface area contributed by atoms with Crippen LogP contribution in [0.25, 0.3) is 0 Å². The first-order valence-electron chi connectivity index (χ1n) is 6.42. The predicted molar refractivity (Wildman–Crippen MR) is 74.1 cm³/mol. The van der Waals surface area contributed by atoms with Crippen LogP contribution in [0.3, 0.4) is 0 Å². The minimum Gasteiger partial charge on any atom is -0.382 e. The van der Waals surface area contributed by atoms with Gasteiger partial charge in [-0.05, 0) is 32.1 Å². The van der Waals surface area contributed by atoms with Crippen molar-refractivity contribution in [3.63, 3.8) is 0 Å². The largest absolute Gasteiger partial charge is 0.382 e. The van der Waals surface area contributed by atoms with Gasteiger partial charge in [-0.25, -0.2) is 5.10 Å². The topological polar surface area (TPSA) is 57.8 Å². The molecule has 1 heterocycles. The Kier molecular flexibility index (Phi) is 4.81. The molecule has 98 valence electrons. The van der Waals surface area contributed by atoms with Crippen molar-refractivity contribution in [1.82, 2.24) is 10.2 Å². The van der Waals surface area contributed by atoms with Gasteiger partial charge in [0.15, 0.2) is 0 Å². The molecule has 1 aromatic heterocycles. The van der Waals surface area contributed by atoms with Crippen LogP contribution in [0.15, 0.2) is 22.6 Å². The third-order valence-corrected chi connectivity index (χ3v) is 3.57. The smallest absolute Gasteiger partial charge is 0.285 e. The maximum atomic E-state index is 11.2. The summed E-state index contributed by atoms with van der Waals surface area (Å²) in [5, 5.41) is 9.37. The lowest BCUT2D eigenvalue weighted by molar-refractivity contribution is 0.704. The number of halogens is 1. The summed E-state index contributed by atoms with van der Waals surface area (Å²) in [6.07, 6.45) is 11.2. The number of aromatic nitrogens is 2. The van der Waals surface area contributed by atoms with Crippen molar-refractivity contribution in [3.05, 3.63) is 33.2 Å². The Balaban J connectivity index is 1.86. The van der Waals surface area contributed by atoms with Gasteiger partial charge in [0.1, 0.15) is 5.02 Å². The zero-order chi connectivity index (χ0) is 12.8. The molecule has 0 amide bonds. The van der Waals surface area contributed by atoms with Crippen molar-refractivity contribution < 1.29 is 0 Å². The van der Waals surface area contributed by atoms with Gasteiger partial charge in [-0.2, -0.15) is 5.10 Å². The van der Waals surface area contributed by atoms with Gasteiger partial charge in [-0.1, -0.05) is 29.7 Å². The second kappa shape index (κ2) is 6.59. The molecule has 0 spiro atoms. The van der Waals surface area contributed by atoms with Crippen LogP contribution in [0.5, 0.6) is 0 Å². The summed E-state index contributed by atoms with van der Waals surface area (Å²) in [6, 6.07) is 0. The lowest BCUT2D eigenvalue weighted by Crippen LogP contribution is -2.12. The van der Waals surface area contributed by atoms with E-state index in [1.165, 1.54) is 37.7 Å². The number of nitrogens with one attached hydrogen (secondary N) is 2. The van der Waals surface area contributed by atoms with E-state index in [-0.39, 0.29) is 10.6 Å². The second-order valence-electron chi connectivity index (χ2n) is 4.57. The Hall–Kier alpha value is -1.29.